The molecule has 0 amide bonds. The predicted molar refractivity (Wildman–Crippen MR) is 83.3 cm³/mol. The Balaban J connectivity index is 2.01. The summed E-state index contributed by atoms with van der Waals surface area (Å²) in [5.41, 5.74) is 2.79. The highest BCUT2D eigenvalue weighted by molar-refractivity contribution is 5.24. The Morgan fingerprint density at radius 2 is 1.84 bits per heavy atom. The van der Waals surface area contributed by atoms with Gasteiger partial charge in [-0.2, -0.15) is 0 Å². The molecular formula is C18H29N. The van der Waals surface area contributed by atoms with Crippen LogP contribution in [-0.4, -0.2) is 6.04 Å². The summed E-state index contributed by atoms with van der Waals surface area (Å²) in [4.78, 5) is 0. The molecule has 4 atom stereocenters. The number of benzene rings is 1. The highest BCUT2D eigenvalue weighted by Gasteiger charge is 2.32. The Labute approximate surface area is 118 Å². The van der Waals surface area contributed by atoms with E-state index >= 15 is 0 Å². The lowest BCUT2D eigenvalue weighted by Gasteiger charge is -2.27. The van der Waals surface area contributed by atoms with Gasteiger partial charge in [-0.3, -0.25) is 0 Å². The van der Waals surface area contributed by atoms with Gasteiger partial charge in [0.1, 0.15) is 0 Å². The van der Waals surface area contributed by atoms with E-state index < -0.39 is 0 Å². The summed E-state index contributed by atoms with van der Waals surface area (Å²) in [6.07, 6.45) is 5.26. The van der Waals surface area contributed by atoms with Crippen LogP contribution in [0.25, 0.3) is 0 Å². The van der Waals surface area contributed by atoms with Crippen LogP contribution in [-0.2, 0) is 0 Å². The molecule has 0 spiro atoms. The fraction of sp³-hybridized carbons (Fsp3) is 0.667. The summed E-state index contributed by atoms with van der Waals surface area (Å²) in [6.45, 7) is 9.21. The quantitative estimate of drug-likeness (QED) is 0.796. The van der Waals surface area contributed by atoms with Crippen LogP contribution in [0, 0.1) is 18.8 Å². The average Bonchev–Trinajstić information content (AvgIpc) is 2.78. The fourth-order valence-electron chi connectivity index (χ4n) is 3.57. The average molecular weight is 259 g/mol. The molecule has 0 saturated heterocycles. The molecule has 1 heteroatoms. The van der Waals surface area contributed by atoms with Crippen LogP contribution in [0.1, 0.15) is 63.6 Å². The minimum Gasteiger partial charge on any atom is -0.307 e. The normalized spacial score (nSPS) is 28.5. The smallest absolute Gasteiger partial charge is 0.0320 e. The first-order valence-corrected chi connectivity index (χ1v) is 7.98. The van der Waals surface area contributed by atoms with E-state index in [1.807, 2.05) is 0 Å². The third-order valence-electron chi connectivity index (χ3n) is 5.05. The van der Waals surface area contributed by atoms with E-state index in [0.29, 0.717) is 12.1 Å². The predicted octanol–water partition coefficient (Wildman–Crippen LogP) is 4.86. The van der Waals surface area contributed by atoms with Gasteiger partial charge in [-0.25, -0.2) is 0 Å². The van der Waals surface area contributed by atoms with Crippen molar-refractivity contribution in [2.45, 2.75) is 65.5 Å². The van der Waals surface area contributed by atoms with Crippen molar-refractivity contribution in [3.05, 3.63) is 35.4 Å². The number of hydrogen-bond acceptors (Lipinski definition) is 1. The summed E-state index contributed by atoms with van der Waals surface area (Å²) in [5, 5.41) is 3.92. The van der Waals surface area contributed by atoms with Gasteiger partial charge in [-0.05, 0) is 43.6 Å². The number of rotatable bonds is 5. The van der Waals surface area contributed by atoms with Gasteiger partial charge in [0.15, 0.2) is 0 Å². The lowest BCUT2D eigenvalue weighted by molar-refractivity contribution is 0.318. The van der Waals surface area contributed by atoms with E-state index in [4.69, 9.17) is 0 Å². The maximum absolute atomic E-state index is 3.92. The minimum absolute atomic E-state index is 0.517. The van der Waals surface area contributed by atoms with Crippen molar-refractivity contribution in [3.8, 4) is 0 Å². The number of aryl methyl sites for hydroxylation is 1. The van der Waals surface area contributed by atoms with Crippen LogP contribution < -0.4 is 5.32 Å². The van der Waals surface area contributed by atoms with E-state index in [0.717, 1.165) is 11.8 Å². The fourth-order valence-corrected chi connectivity index (χ4v) is 3.57. The summed E-state index contributed by atoms with van der Waals surface area (Å²) in [6, 6.07) is 10.2. The Morgan fingerprint density at radius 3 is 2.37 bits per heavy atom. The van der Waals surface area contributed by atoms with Crippen LogP contribution in [0.4, 0.5) is 0 Å². The van der Waals surface area contributed by atoms with Crippen molar-refractivity contribution in [3.63, 3.8) is 0 Å². The third-order valence-corrected chi connectivity index (χ3v) is 5.05. The largest absolute Gasteiger partial charge is 0.307 e. The molecule has 1 aliphatic rings. The van der Waals surface area contributed by atoms with E-state index in [1.165, 1.54) is 36.8 Å². The van der Waals surface area contributed by atoms with Crippen molar-refractivity contribution in [1.82, 2.24) is 5.32 Å². The molecule has 0 heterocycles. The number of nitrogens with one attached hydrogen (secondary N) is 1. The molecule has 106 valence electrons. The minimum atomic E-state index is 0.517. The van der Waals surface area contributed by atoms with Crippen LogP contribution >= 0.6 is 0 Å². The monoisotopic (exact) mass is 259 g/mol. The zero-order valence-electron chi connectivity index (χ0n) is 12.9. The summed E-state index contributed by atoms with van der Waals surface area (Å²) < 4.78 is 0. The topological polar surface area (TPSA) is 12.0 Å². The molecule has 1 aromatic rings. The zero-order chi connectivity index (χ0) is 13.8. The van der Waals surface area contributed by atoms with Crippen molar-refractivity contribution < 1.29 is 0 Å². The van der Waals surface area contributed by atoms with Crippen LogP contribution in [0.3, 0.4) is 0 Å². The molecule has 1 nitrogen and oxygen atoms in total. The number of hydrogen-bond donors (Lipinski definition) is 1. The van der Waals surface area contributed by atoms with Gasteiger partial charge >= 0.3 is 0 Å². The van der Waals surface area contributed by atoms with Crippen LogP contribution in [0.15, 0.2) is 24.3 Å². The Hall–Kier alpha value is -0.820. The first-order valence-electron chi connectivity index (χ1n) is 7.98. The van der Waals surface area contributed by atoms with E-state index in [9.17, 15) is 0 Å². The molecule has 1 fully saturated rings. The van der Waals surface area contributed by atoms with Crippen molar-refractivity contribution in [1.29, 1.82) is 0 Å². The van der Waals surface area contributed by atoms with E-state index in [-0.39, 0.29) is 0 Å². The first kappa shape index (κ1) is 14.6. The SMILES string of the molecule is CCC(NC1CCC(CC)C1C)c1ccc(C)cc1. The molecular weight excluding hydrogens is 230 g/mol. The third kappa shape index (κ3) is 3.39. The standard InChI is InChI=1S/C18H29N/c1-5-15-11-12-18(14(15)4)19-17(6-2)16-9-7-13(3)8-10-16/h7-10,14-15,17-19H,5-6,11-12H2,1-4H3. The van der Waals surface area contributed by atoms with Gasteiger partial charge < -0.3 is 5.32 Å². The molecule has 1 aromatic carbocycles. The van der Waals surface area contributed by atoms with Gasteiger partial charge in [0.05, 0.1) is 0 Å². The van der Waals surface area contributed by atoms with E-state index in [1.54, 1.807) is 0 Å². The molecule has 2 rings (SSSR count). The molecule has 0 bridgehead atoms. The second-order valence-electron chi connectivity index (χ2n) is 6.25. The van der Waals surface area contributed by atoms with Crippen molar-refractivity contribution in [2.75, 3.05) is 0 Å². The van der Waals surface area contributed by atoms with Gasteiger partial charge in [0.25, 0.3) is 0 Å². The molecule has 1 N–H and O–H groups in total. The second kappa shape index (κ2) is 6.56. The molecule has 1 aliphatic carbocycles. The van der Waals surface area contributed by atoms with Gasteiger partial charge in [-0.15, -0.1) is 0 Å². The van der Waals surface area contributed by atoms with E-state index in [2.05, 4.69) is 57.3 Å². The summed E-state index contributed by atoms with van der Waals surface area (Å²) >= 11 is 0. The maximum atomic E-state index is 3.92. The van der Waals surface area contributed by atoms with Crippen LogP contribution in [0.5, 0.6) is 0 Å². The molecule has 0 radical (unpaired) electrons. The van der Waals surface area contributed by atoms with Crippen molar-refractivity contribution >= 4 is 0 Å². The Morgan fingerprint density at radius 1 is 1.16 bits per heavy atom. The highest BCUT2D eigenvalue weighted by Crippen LogP contribution is 2.35. The molecule has 1 saturated carbocycles. The lowest BCUT2D eigenvalue weighted by atomic mass is 9.92. The molecule has 4 unspecified atom stereocenters. The Bertz CT molecular complexity index is 381. The Kier molecular flexibility index (Phi) is 5.04. The van der Waals surface area contributed by atoms with Crippen molar-refractivity contribution in [2.24, 2.45) is 11.8 Å². The maximum Gasteiger partial charge on any atom is 0.0320 e. The summed E-state index contributed by atoms with van der Waals surface area (Å²) in [7, 11) is 0. The molecule has 0 aromatic heterocycles. The summed E-state index contributed by atoms with van der Waals surface area (Å²) in [5.74, 6) is 1.75. The molecule has 19 heavy (non-hydrogen) atoms. The zero-order valence-corrected chi connectivity index (χ0v) is 12.9. The highest BCUT2D eigenvalue weighted by atomic mass is 15.0. The first-order chi connectivity index (χ1) is 9.15. The molecule has 0 aliphatic heterocycles. The second-order valence-corrected chi connectivity index (χ2v) is 6.25. The van der Waals surface area contributed by atoms with Gasteiger partial charge in [0.2, 0.25) is 0 Å². The van der Waals surface area contributed by atoms with Crippen LogP contribution in [0.2, 0.25) is 0 Å². The lowest BCUT2D eigenvalue weighted by Crippen LogP contribution is -2.35. The van der Waals surface area contributed by atoms with Gasteiger partial charge in [0, 0.05) is 12.1 Å². The van der Waals surface area contributed by atoms with Gasteiger partial charge in [-0.1, -0.05) is 57.0 Å².